The van der Waals surface area contributed by atoms with Gasteiger partial charge in [-0.15, -0.1) is 0 Å². The monoisotopic (exact) mass is 348 g/mol. The Labute approximate surface area is 134 Å². The van der Waals surface area contributed by atoms with Crippen LogP contribution in [0.1, 0.15) is 49.1 Å². The molecule has 1 aliphatic rings. The summed E-state index contributed by atoms with van der Waals surface area (Å²) in [6.07, 6.45) is 6.56. The number of nitrogens with zero attached hydrogens (tertiary/aromatic N) is 2. The Balaban J connectivity index is 2.07. The normalized spacial score (nSPS) is 17.3. The fourth-order valence-corrected chi connectivity index (χ4v) is 3.94. The molecular weight excluding hydrogens is 328 g/mol. The zero-order chi connectivity index (χ0) is 15.0. The first-order chi connectivity index (χ1) is 10.0. The van der Waals surface area contributed by atoms with E-state index in [1.165, 1.54) is 24.0 Å². The van der Waals surface area contributed by atoms with E-state index >= 15 is 0 Å². The van der Waals surface area contributed by atoms with Gasteiger partial charge in [-0.05, 0) is 72.2 Å². The van der Waals surface area contributed by atoms with Crippen LogP contribution < -0.4 is 0 Å². The molecule has 1 unspecified atom stereocenters. The van der Waals surface area contributed by atoms with Gasteiger partial charge in [-0.3, -0.25) is 4.68 Å². The molecule has 0 bridgehead atoms. The van der Waals surface area contributed by atoms with Crippen LogP contribution in [0.3, 0.4) is 0 Å². The van der Waals surface area contributed by atoms with Gasteiger partial charge in [0.2, 0.25) is 0 Å². The van der Waals surface area contributed by atoms with Crippen molar-refractivity contribution in [3.05, 3.63) is 51.3 Å². The molecule has 3 nitrogen and oxygen atoms in total. The minimum absolute atomic E-state index is 0.738. The van der Waals surface area contributed by atoms with Gasteiger partial charge in [0, 0.05) is 6.54 Å². The third-order valence-corrected chi connectivity index (χ3v) is 5.05. The van der Waals surface area contributed by atoms with Crippen LogP contribution in [0.15, 0.2) is 28.9 Å². The van der Waals surface area contributed by atoms with Crippen molar-refractivity contribution in [3.8, 4) is 0 Å². The van der Waals surface area contributed by atoms with Crippen LogP contribution in [0.5, 0.6) is 0 Å². The van der Waals surface area contributed by atoms with E-state index in [1.54, 1.807) is 6.20 Å². The molecule has 1 aromatic heterocycles. The van der Waals surface area contributed by atoms with Gasteiger partial charge < -0.3 is 5.11 Å². The lowest BCUT2D eigenvalue weighted by molar-refractivity contribution is 0.0908. The smallest absolute Gasteiger partial charge is 0.129 e. The van der Waals surface area contributed by atoms with Crippen molar-refractivity contribution in [3.63, 3.8) is 0 Å². The molecule has 1 aromatic carbocycles. The fourth-order valence-electron chi connectivity index (χ4n) is 3.26. The first kappa shape index (κ1) is 14.8. The van der Waals surface area contributed by atoms with Crippen LogP contribution in [0.2, 0.25) is 0 Å². The van der Waals surface area contributed by atoms with Crippen LogP contribution in [-0.2, 0) is 25.0 Å². The van der Waals surface area contributed by atoms with Gasteiger partial charge in [0.1, 0.15) is 5.60 Å². The van der Waals surface area contributed by atoms with Crippen LogP contribution >= 0.6 is 15.9 Å². The third-order valence-electron chi connectivity index (χ3n) is 4.47. The number of benzene rings is 1. The lowest BCUT2D eigenvalue weighted by Crippen LogP contribution is -2.27. The lowest BCUT2D eigenvalue weighted by atomic mass is 9.85. The average molecular weight is 349 g/mol. The summed E-state index contributed by atoms with van der Waals surface area (Å²) in [7, 11) is 0. The topological polar surface area (TPSA) is 38.0 Å². The van der Waals surface area contributed by atoms with E-state index in [4.69, 9.17) is 0 Å². The maximum atomic E-state index is 11.1. The highest BCUT2D eigenvalue weighted by molar-refractivity contribution is 9.10. The van der Waals surface area contributed by atoms with E-state index in [0.29, 0.717) is 0 Å². The van der Waals surface area contributed by atoms with E-state index in [1.807, 2.05) is 18.5 Å². The Kier molecular flexibility index (Phi) is 3.93. The zero-order valence-corrected chi connectivity index (χ0v) is 14.2. The molecule has 2 aromatic rings. The minimum Gasteiger partial charge on any atom is -0.379 e. The molecule has 21 heavy (non-hydrogen) atoms. The largest absolute Gasteiger partial charge is 0.379 e. The van der Waals surface area contributed by atoms with Gasteiger partial charge in [0.25, 0.3) is 0 Å². The van der Waals surface area contributed by atoms with E-state index in [2.05, 4.69) is 39.2 Å². The van der Waals surface area contributed by atoms with Crippen molar-refractivity contribution in [2.45, 2.75) is 51.7 Å². The fraction of sp³-hybridized carbons (Fsp3) is 0.471. The summed E-state index contributed by atoms with van der Waals surface area (Å²) < 4.78 is 2.70. The number of hydrogen-bond donors (Lipinski definition) is 1. The second kappa shape index (κ2) is 5.58. The van der Waals surface area contributed by atoms with Crippen molar-refractivity contribution < 1.29 is 5.11 Å². The molecule has 1 N–H and O–H groups in total. The summed E-state index contributed by atoms with van der Waals surface area (Å²) in [5, 5.41) is 15.5. The molecule has 0 saturated heterocycles. The Morgan fingerprint density at radius 2 is 2.00 bits per heavy atom. The van der Waals surface area contributed by atoms with Crippen LogP contribution in [-0.4, -0.2) is 14.9 Å². The van der Waals surface area contributed by atoms with Crippen molar-refractivity contribution in [1.29, 1.82) is 0 Å². The highest BCUT2D eigenvalue weighted by Gasteiger charge is 2.32. The summed E-state index contributed by atoms with van der Waals surface area (Å²) in [6.45, 7) is 4.62. The molecule has 0 aliphatic heterocycles. The first-order valence-corrected chi connectivity index (χ1v) is 8.39. The number of aromatic nitrogens is 2. The standard InChI is InChI=1S/C17H21BrN2O/c1-3-20-16(15(18)11-19-20)17(2,21)14-9-8-12-6-4-5-7-13(12)10-14/h8-11,21H,3-7H2,1-2H3. The van der Waals surface area contributed by atoms with E-state index in [9.17, 15) is 5.11 Å². The zero-order valence-electron chi connectivity index (χ0n) is 12.6. The van der Waals surface area contributed by atoms with Gasteiger partial charge in [-0.2, -0.15) is 5.10 Å². The highest BCUT2D eigenvalue weighted by Crippen LogP contribution is 2.36. The molecule has 1 aliphatic carbocycles. The maximum Gasteiger partial charge on any atom is 0.129 e. The summed E-state index contributed by atoms with van der Waals surface area (Å²) in [5.41, 5.74) is 3.54. The van der Waals surface area contributed by atoms with E-state index < -0.39 is 5.60 Å². The van der Waals surface area contributed by atoms with Crippen molar-refractivity contribution in [2.75, 3.05) is 0 Å². The first-order valence-electron chi connectivity index (χ1n) is 7.60. The van der Waals surface area contributed by atoms with Crippen molar-refractivity contribution in [2.24, 2.45) is 0 Å². The van der Waals surface area contributed by atoms with E-state index in [-0.39, 0.29) is 0 Å². The summed E-state index contributed by atoms with van der Waals surface area (Å²) in [5.74, 6) is 0. The molecular formula is C17H21BrN2O. The van der Waals surface area contributed by atoms with Gasteiger partial charge in [-0.1, -0.05) is 18.2 Å². The third kappa shape index (κ3) is 2.55. The minimum atomic E-state index is -1.04. The maximum absolute atomic E-state index is 11.1. The van der Waals surface area contributed by atoms with Crippen molar-refractivity contribution >= 4 is 15.9 Å². The lowest BCUT2D eigenvalue weighted by Gasteiger charge is -2.27. The summed E-state index contributed by atoms with van der Waals surface area (Å²) in [6, 6.07) is 6.41. The Bertz CT molecular complexity index is 661. The van der Waals surface area contributed by atoms with Crippen molar-refractivity contribution in [1.82, 2.24) is 9.78 Å². The summed E-state index contributed by atoms with van der Waals surface area (Å²) in [4.78, 5) is 0. The molecule has 0 fully saturated rings. The second-order valence-electron chi connectivity index (χ2n) is 5.92. The molecule has 3 rings (SSSR count). The number of aliphatic hydroxyl groups is 1. The predicted octanol–water partition coefficient (Wildman–Crippen LogP) is 3.80. The molecule has 112 valence electrons. The van der Waals surface area contributed by atoms with Crippen LogP contribution in [0, 0.1) is 0 Å². The predicted molar refractivity (Wildman–Crippen MR) is 87.4 cm³/mol. The van der Waals surface area contributed by atoms with Crippen LogP contribution in [0.25, 0.3) is 0 Å². The average Bonchev–Trinajstić information content (AvgIpc) is 2.88. The molecule has 4 heteroatoms. The van der Waals surface area contributed by atoms with Gasteiger partial charge in [0.15, 0.2) is 0 Å². The number of hydrogen-bond acceptors (Lipinski definition) is 2. The molecule has 0 spiro atoms. The quantitative estimate of drug-likeness (QED) is 0.915. The van der Waals surface area contributed by atoms with E-state index in [0.717, 1.165) is 35.1 Å². The summed E-state index contributed by atoms with van der Waals surface area (Å²) >= 11 is 3.52. The number of aryl methyl sites for hydroxylation is 3. The van der Waals surface area contributed by atoms with Gasteiger partial charge in [-0.25, -0.2) is 0 Å². The molecule has 0 amide bonds. The number of fused-ring (bicyclic) bond motifs is 1. The Morgan fingerprint density at radius 1 is 1.29 bits per heavy atom. The number of halogens is 1. The second-order valence-corrected chi connectivity index (χ2v) is 6.77. The van der Waals surface area contributed by atoms with Crippen LogP contribution in [0.4, 0.5) is 0 Å². The number of rotatable bonds is 3. The molecule has 0 saturated carbocycles. The Morgan fingerprint density at radius 3 is 2.71 bits per heavy atom. The SMILES string of the molecule is CCn1ncc(Br)c1C(C)(O)c1ccc2c(c1)CCCC2. The van der Waals surface area contributed by atoms with Gasteiger partial charge in [0.05, 0.1) is 16.4 Å². The Hall–Kier alpha value is -1.13. The molecule has 0 radical (unpaired) electrons. The molecule has 1 heterocycles. The van der Waals surface area contributed by atoms with Gasteiger partial charge >= 0.3 is 0 Å². The molecule has 1 atom stereocenters. The highest BCUT2D eigenvalue weighted by atomic mass is 79.9.